The van der Waals surface area contributed by atoms with Crippen molar-refractivity contribution in [2.24, 2.45) is 0 Å². The van der Waals surface area contributed by atoms with E-state index in [1.165, 1.54) is 6.20 Å². The fraction of sp³-hybridized carbons (Fsp3) is 0.500. The molecule has 0 saturated carbocycles. The zero-order valence-corrected chi connectivity index (χ0v) is 8.57. The van der Waals surface area contributed by atoms with Gasteiger partial charge in [0.05, 0.1) is 17.9 Å². The van der Waals surface area contributed by atoms with Gasteiger partial charge in [-0.2, -0.15) is 0 Å². The highest BCUT2D eigenvalue weighted by Gasteiger charge is 2.25. The maximum Gasteiger partial charge on any atom is 0.143 e. The second-order valence-corrected chi connectivity index (χ2v) is 3.81. The van der Waals surface area contributed by atoms with Crippen LogP contribution in [-0.4, -0.2) is 20.3 Å². The fourth-order valence-electron chi connectivity index (χ4n) is 1.44. The molecule has 0 amide bonds. The normalized spacial score (nSPS) is 11.8. The number of aliphatic hydroxyl groups excluding tert-OH is 1. The molecule has 0 atom stereocenters. The zero-order valence-electron chi connectivity index (χ0n) is 8.57. The average molecular weight is 197 g/mol. The molecule has 0 aliphatic carbocycles. The minimum Gasteiger partial charge on any atom is -0.506 e. The highest BCUT2D eigenvalue weighted by Crippen LogP contribution is 2.33. The number of rotatable bonds is 2. The van der Waals surface area contributed by atoms with Gasteiger partial charge in [0.2, 0.25) is 0 Å². The molecule has 1 heterocycles. The van der Waals surface area contributed by atoms with Gasteiger partial charge < -0.3 is 15.3 Å². The topological polar surface area (TPSA) is 73.6 Å². The third kappa shape index (κ3) is 1.86. The lowest BCUT2D eigenvalue weighted by atomic mass is 9.93. The summed E-state index contributed by atoms with van der Waals surface area (Å²) in [5.41, 5.74) is 0.0444. The van der Waals surface area contributed by atoms with E-state index in [0.717, 1.165) is 0 Å². The van der Waals surface area contributed by atoms with Gasteiger partial charge in [-0.05, 0) is 20.8 Å². The Morgan fingerprint density at radius 3 is 2.43 bits per heavy atom. The summed E-state index contributed by atoms with van der Waals surface area (Å²) in [4.78, 5) is 3.90. The standard InChI is InChI=1S/C10H15NO3/c1-6-9(13)8(10(2,3)14)7(5-12)4-11-6/h4,12-14H,5H2,1-3H3. The molecule has 0 bridgehead atoms. The van der Waals surface area contributed by atoms with Crippen LogP contribution < -0.4 is 0 Å². The Morgan fingerprint density at radius 2 is 2.00 bits per heavy atom. The van der Waals surface area contributed by atoms with Crippen molar-refractivity contribution in [1.29, 1.82) is 0 Å². The predicted octanol–water partition coefficient (Wildman–Crippen LogP) is 0.815. The number of aromatic hydroxyl groups is 1. The quantitative estimate of drug-likeness (QED) is 0.656. The smallest absolute Gasteiger partial charge is 0.143 e. The summed E-state index contributed by atoms with van der Waals surface area (Å²) in [5, 5.41) is 28.6. The SMILES string of the molecule is Cc1ncc(CO)c(C(C)(C)O)c1O. The monoisotopic (exact) mass is 197 g/mol. The van der Waals surface area contributed by atoms with Crippen molar-refractivity contribution >= 4 is 0 Å². The van der Waals surface area contributed by atoms with Crippen molar-refractivity contribution in [2.45, 2.75) is 33.0 Å². The van der Waals surface area contributed by atoms with Crippen LogP contribution in [-0.2, 0) is 12.2 Å². The second kappa shape index (κ2) is 3.55. The first-order valence-electron chi connectivity index (χ1n) is 4.39. The Hall–Kier alpha value is -1.13. The molecule has 0 aromatic carbocycles. The van der Waals surface area contributed by atoms with Crippen LogP contribution in [0.5, 0.6) is 5.75 Å². The molecule has 4 nitrogen and oxygen atoms in total. The third-order valence-electron chi connectivity index (χ3n) is 2.10. The van der Waals surface area contributed by atoms with E-state index in [9.17, 15) is 10.2 Å². The molecule has 0 aliphatic heterocycles. The highest BCUT2D eigenvalue weighted by molar-refractivity contribution is 5.43. The summed E-state index contributed by atoms with van der Waals surface area (Å²) in [7, 11) is 0. The Bertz CT molecular complexity index is 342. The van der Waals surface area contributed by atoms with Crippen LogP contribution in [0, 0.1) is 6.92 Å². The molecule has 78 valence electrons. The molecule has 0 saturated heterocycles. The van der Waals surface area contributed by atoms with Gasteiger partial charge in [0, 0.05) is 17.3 Å². The second-order valence-electron chi connectivity index (χ2n) is 3.81. The average Bonchev–Trinajstić information content (AvgIpc) is 2.07. The van der Waals surface area contributed by atoms with E-state index in [1.807, 2.05) is 0 Å². The van der Waals surface area contributed by atoms with Crippen LogP contribution >= 0.6 is 0 Å². The van der Waals surface area contributed by atoms with Gasteiger partial charge in [0.25, 0.3) is 0 Å². The van der Waals surface area contributed by atoms with Crippen LogP contribution in [0.25, 0.3) is 0 Å². The molecule has 14 heavy (non-hydrogen) atoms. The molecular formula is C10H15NO3. The molecule has 0 radical (unpaired) electrons. The van der Waals surface area contributed by atoms with E-state index in [-0.39, 0.29) is 12.4 Å². The fourth-order valence-corrected chi connectivity index (χ4v) is 1.44. The number of aryl methyl sites for hydroxylation is 1. The van der Waals surface area contributed by atoms with E-state index >= 15 is 0 Å². The minimum absolute atomic E-state index is 0.0518. The molecule has 1 aromatic rings. The van der Waals surface area contributed by atoms with Gasteiger partial charge in [0.15, 0.2) is 0 Å². The molecular weight excluding hydrogens is 182 g/mol. The lowest BCUT2D eigenvalue weighted by Crippen LogP contribution is -2.19. The first-order valence-corrected chi connectivity index (χ1v) is 4.39. The Balaban J connectivity index is 3.44. The summed E-state index contributed by atoms with van der Waals surface area (Å²) in [5.74, 6) is -0.0518. The van der Waals surface area contributed by atoms with Gasteiger partial charge in [-0.1, -0.05) is 0 Å². The molecule has 3 N–H and O–H groups in total. The molecule has 0 unspecified atom stereocenters. The summed E-state index contributed by atoms with van der Waals surface area (Å²) >= 11 is 0. The molecule has 0 aliphatic rings. The number of aromatic nitrogens is 1. The minimum atomic E-state index is -1.18. The number of nitrogens with zero attached hydrogens (tertiary/aromatic N) is 1. The van der Waals surface area contributed by atoms with E-state index in [4.69, 9.17) is 5.11 Å². The molecule has 1 aromatic heterocycles. The van der Waals surface area contributed by atoms with E-state index in [2.05, 4.69) is 4.98 Å². The van der Waals surface area contributed by atoms with Gasteiger partial charge in [0.1, 0.15) is 5.75 Å². The first kappa shape index (κ1) is 10.9. The summed E-state index contributed by atoms with van der Waals surface area (Å²) in [6.45, 7) is 4.51. The number of pyridine rings is 1. The molecule has 1 rings (SSSR count). The summed E-state index contributed by atoms with van der Waals surface area (Å²) < 4.78 is 0. The third-order valence-corrected chi connectivity index (χ3v) is 2.10. The van der Waals surface area contributed by atoms with E-state index in [1.54, 1.807) is 20.8 Å². The maximum absolute atomic E-state index is 9.81. The number of hydrogen-bond donors (Lipinski definition) is 3. The largest absolute Gasteiger partial charge is 0.506 e. The lowest BCUT2D eigenvalue weighted by molar-refractivity contribution is 0.0728. The lowest BCUT2D eigenvalue weighted by Gasteiger charge is -2.22. The van der Waals surface area contributed by atoms with Crippen molar-refractivity contribution in [3.63, 3.8) is 0 Å². The van der Waals surface area contributed by atoms with Crippen LogP contribution in [0.2, 0.25) is 0 Å². The van der Waals surface area contributed by atoms with Gasteiger partial charge in [-0.15, -0.1) is 0 Å². The molecule has 0 spiro atoms. The highest BCUT2D eigenvalue weighted by atomic mass is 16.3. The van der Waals surface area contributed by atoms with Crippen LogP contribution in [0.3, 0.4) is 0 Å². The van der Waals surface area contributed by atoms with Crippen LogP contribution in [0.15, 0.2) is 6.20 Å². The zero-order chi connectivity index (χ0) is 10.9. The van der Waals surface area contributed by atoms with Crippen molar-refractivity contribution in [2.75, 3.05) is 0 Å². The van der Waals surface area contributed by atoms with Gasteiger partial charge in [-0.25, -0.2) is 0 Å². The van der Waals surface area contributed by atoms with E-state index < -0.39 is 5.60 Å². The Kier molecular flexibility index (Phi) is 2.78. The Labute approximate surface area is 82.9 Å². The van der Waals surface area contributed by atoms with Crippen LogP contribution in [0.4, 0.5) is 0 Å². The van der Waals surface area contributed by atoms with Crippen LogP contribution in [0.1, 0.15) is 30.7 Å². The van der Waals surface area contributed by atoms with Gasteiger partial charge in [-0.3, -0.25) is 4.98 Å². The number of hydrogen-bond acceptors (Lipinski definition) is 4. The van der Waals surface area contributed by atoms with Gasteiger partial charge >= 0.3 is 0 Å². The van der Waals surface area contributed by atoms with E-state index in [0.29, 0.717) is 16.8 Å². The predicted molar refractivity (Wildman–Crippen MR) is 51.8 cm³/mol. The van der Waals surface area contributed by atoms with Crippen molar-refractivity contribution in [1.82, 2.24) is 4.98 Å². The molecule has 0 fully saturated rings. The van der Waals surface area contributed by atoms with Crippen molar-refractivity contribution in [3.8, 4) is 5.75 Å². The number of aliphatic hydroxyl groups is 2. The molecule has 4 heteroatoms. The Morgan fingerprint density at radius 1 is 1.43 bits per heavy atom. The van der Waals surface area contributed by atoms with Crippen molar-refractivity contribution < 1.29 is 15.3 Å². The first-order chi connectivity index (χ1) is 6.38. The van der Waals surface area contributed by atoms with Crippen molar-refractivity contribution in [3.05, 3.63) is 23.0 Å². The summed E-state index contributed by atoms with van der Waals surface area (Å²) in [6.07, 6.45) is 1.46. The summed E-state index contributed by atoms with van der Waals surface area (Å²) in [6, 6.07) is 0. The maximum atomic E-state index is 9.81.